The van der Waals surface area contributed by atoms with Crippen LogP contribution in [0.15, 0.2) is 24.3 Å². The Morgan fingerprint density at radius 3 is 2.59 bits per heavy atom. The van der Waals surface area contributed by atoms with Gasteiger partial charge in [0.2, 0.25) is 0 Å². The van der Waals surface area contributed by atoms with Gasteiger partial charge in [0.25, 0.3) is 0 Å². The standard InChI is InChI=1S/C16H21NO4S/c18-16(19)14-9-13(12-5-1-2-6-12)10-15(11-14)17-7-3-4-8-22(17,20)21/h5,9-11,20-21H,1-4,6-8H2,(H,18,19). The maximum atomic E-state index is 11.4. The summed E-state index contributed by atoms with van der Waals surface area (Å²) in [6, 6.07) is 5.11. The quantitative estimate of drug-likeness (QED) is 0.776. The van der Waals surface area contributed by atoms with Gasteiger partial charge in [0, 0.05) is 6.54 Å². The Morgan fingerprint density at radius 1 is 1.14 bits per heavy atom. The molecule has 1 fully saturated rings. The first-order valence-electron chi connectivity index (χ1n) is 7.59. The van der Waals surface area contributed by atoms with E-state index in [0.29, 0.717) is 18.0 Å². The van der Waals surface area contributed by atoms with E-state index in [1.165, 1.54) is 0 Å². The second-order valence-electron chi connectivity index (χ2n) is 5.84. The largest absolute Gasteiger partial charge is 0.478 e. The van der Waals surface area contributed by atoms with Crippen LogP contribution in [0.4, 0.5) is 5.69 Å². The first-order chi connectivity index (χ1) is 10.5. The van der Waals surface area contributed by atoms with Crippen LogP contribution < -0.4 is 4.31 Å². The molecule has 0 amide bonds. The molecule has 3 rings (SSSR count). The van der Waals surface area contributed by atoms with Crippen LogP contribution in [0.2, 0.25) is 0 Å². The van der Waals surface area contributed by atoms with Gasteiger partial charge in [-0.1, -0.05) is 6.08 Å². The monoisotopic (exact) mass is 323 g/mol. The zero-order valence-corrected chi connectivity index (χ0v) is 13.2. The normalized spacial score (nSPS) is 22.3. The summed E-state index contributed by atoms with van der Waals surface area (Å²) in [6.45, 7) is 0.546. The molecule has 0 spiro atoms. The van der Waals surface area contributed by atoms with Crippen LogP contribution in [0.25, 0.3) is 5.57 Å². The number of aromatic carboxylic acids is 1. The van der Waals surface area contributed by atoms with Gasteiger partial charge >= 0.3 is 5.97 Å². The van der Waals surface area contributed by atoms with Gasteiger partial charge in [-0.25, -0.2) is 4.79 Å². The Kier molecular flexibility index (Phi) is 4.16. The molecule has 3 N–H and O–H groups in total. The van der Waals surface area contributed by atoms with Gasteiger partial charge in [0.05, 0.1) is 17.0 Å². The van der Waals surface area contributed by atoms with Crippen molar-refractivity contribution in [3.05, 3.63) is 35.4 Å². The highest BCUT2D eigenvalue weighted by Crippen LogP contribution is 2.50. The molecule has 5 nitrogen and oxygen atoms in total. The third-order valence-corrected chi connectivity index (χ3v) is 6.18. The summed E-state index contributed by atoms with van der Waals surface area (Å²) in [6.07, 6.45) is 6.85. The van der Waals surface area contributed by atoms with Crippen molar-refractivity contribution < 1.29 is 19.0 Å². The summed E-state index contributed by atoms with van der Waals surface area (Å²) >= 11 is 0. The van der Waals surface area contributed by atoms with Crippen LogP contribution in [-0.2, 0) is 0 Å². The van der Waals surface area contributed by atoms with E-state index in [4.69, 9.17) is 0 Å². The van der Waals surface area contributed by atoms with Crippen molar-refractivity contribution >= 4 is 28.0 Å². The molecule has 22 heavy (non-hydrogen) atoms. The molecule has 2 aliphatic rings. The summed E-state index contributed by atoms with van der Waals surface area (Å²) in [7, 11) is -2.84. The number of carboxylic acid groups (broad SMARTS) is 1. The Hall–Kier alpha value is -1.50. The lowest BCUT2D eigenvalue weighted by molar-refractivity contribution is 0.0697. The smallest absolute Gasteiger partial charge is 0.335 e. The van der Waals surface area contributed by atoms with Gasteiger partial charge in [0.15, 0.2) is 0 Å². The number of carboxylic acids is 1. The highest BCUT2D eigenvalue weighted by molar-refractivity contribution is 8.25. The van der Waals surface area contributed by atoms with E-state index >= 15 is 0 Å². The van der Waals surface area contributed by atoms with E-state index < -0.39 is 16.7 Å². The Balaban J connectivity index is 2.04. The Labute approximate surface area is 131 Å². The average molecular weight is 323 g/mol. The molecule has 1 aliphatic carbocycles. The van der Waals surface area contributed by atoms with E-state index in [2.05, 4.69) is 6.08 Å². The average Bonchev–Trinajstić information content (AvgIpc) is 3.00. The van der Waals surface area contributed by atoms with Crippen LogP contribution in [0.3, 0.4) is 0 Å². The SMILES string of the molecule is O=C(O)c1cc(C2=CCCC2)cc(N2CCCCS2(O)O)c1. The van der Waals surface area contributed by atoms with Crippen molar-refractivity contribution in [2.75, 3.05) is 16.6 Å². The molecule has 0 aromatic heterocycles. The molecule has 120 valence electrons. The molecule has 6 heteroatoms. The van der Waals surface area contributed by atoms with E-state index in [1.54, 1.807) is 16.4 Å². The van der Waals surface area contributed by atoms with Crippen molar-refractivity contribution in [1.82, 2.24) is 0 Å². The highest BCUT2D eigenvalue weighted by atomic mass is 32.3. The molecule has 0 radical (unpaired) electrons. The molecule has 0 bridgehead atoms. The molecule has 1 aromatic carbocycles. The molecule has 0 saturated carbocycles. The molecular weight excluding hydrogens is 302 g/mol. The first-order valence-corrected chi connectivity index (χ1v) is 9.26. The number of benzene rings is 1. The lowest BCUT2D eigenvalue weighted by atomic mass is 10.0. The fourth-order valence-corrected chi connectivity index (χ4v) is 4.78. The fourth-order valence-electron chi connectivity index (χ4n) is 3.10. The number of rotatable bonds is 3. The topological polar surface area (TPSA) is 81.0 Å². The van der Waals surface area contributed by atoms with Gasteiger partial charge in [0.1, 0.15) is 0 Å². The van der Waals surface area contributed by atoms with Crippen LogP contribution in [0.1, 0.15) is 48.0 Å². The maximum absolute atomic E-state index is 11.4. The number of hydrogen-bond acceptors (Lipinski definition) is 4. The summed E-state index contributed by atoms with van der Waals surface area (Å²) < 4.78 is 22.1. The number of hydrogen-bond donors (Lipinski definition) is 3. The minimum absolute atomic E-state index is 0.195. The molecule has 1 aromatic rings. The molecular formula is C16H21NO4S. The Morgan fingerprint density at radius 2 is 1.95 bits per heavy atom. The molecule has 1 aliphatic heterocycles. The van der Waals surface area contributed by atoms with Crippen molar-refractivity contribution in [3.8, 4) is 0 Å². The Bertz CT molecular complexity index is 627. The van der Waals surface area contributed by atoms with Gasteiger partial charge in [-0.05, 0) is 61.4 Å². The van der Waals surface area contributed by atoms with Crippen LogP contribution in [0, 0.1) is 0 Å². The summed E-state index contributed by atoms with van der Waals surface area (Å²) in [4.78, 5) is 11.4. The molecule has 0 atom stereocenters. The van der Waals surface area contributed by atoms with Gasteiger partial charge in [-0.3, -0.25) is 13.4 Å². The van der Waals surface area contributed by atoms with E-state index in [-0.39, 0.29) is 5.56 Å². The van der Waals surface area contributed by atoms with Gasteiger partial charge in [-0.2, -0.15) is 0 Å². The summed E-state index contributed by atoms with van der Waals surface area (Å²) in [5.41, 5.74) is 2.83. The minimum Gasteiger partial charge on any atom is -0.478 e. The van der Waals surface area contributed by atoms with E-state index in [1.807, 2.05) is 6.07 Å². The molecule has 0 unspecified atom stereocenters. The summed E-state index contributed by atoms with van der Waals surface area (Å²) in [5, 5.41) is 9.35. The highest BCUT2D eigenvalue weighted by Gasteiger charge is 2.28. The van der Waals surface area contributed by atoms with E-state index in [9.17, 15) is 19.0 Å². The number of allylic oxidation sites excluding steroid dienone is 2. The van der Waals surface area contributed by atoms with Crippen molar-refractivity contribution in [1.29, 1.82) is 0 Å². The second-order valence-corrected chi connectivity index (χ2v) is 7.95. The predicted molar refractivity (Wildman–Crippen MR) is 89.5 cm³/mol. The van der Waals surface area contributed by atoms with Crippen molar-refractivity contribution in [3.63, 3.8) is 0 Å². The lowest BCUT2D eigenvalue weighted by Crippen LogP contribution is -2.34. The van der Waals surface area contributed by atoms with Crippen LogP contribution in [0.5, 0.6) is 0 Å². The molecule has 1 heterocycles. The molecule has 1 saturated heterocycles. The number of carbonyl (C=O) groups is 1. The van der Waals surface area contributed by atoms with Gasteiger partial charge in [-0.15, -0.1) is 10.8 Å². The predicted octanol–water partition coefficient (Wildman–Crippen LogP) is 4.22. The van der Waals surface area contributed by atoms with Gasteiger partial charge < -0.3 is 5.11 Å². The maximum Gasteiger partial charge on any atom is 0.335 e. The number of nitrogens with zero attached hydrogens (tertiary/aromatic N) is 1. The second kappa shape index (κ2) is 5.95. The van der Waals surface area contributed by atoms with E-state index in [0.717, 1.165) is 43.2 Å². The zero-order valence-electron chi connectivity index (χ0n) is 12.4. The van der Waals surface area contributed by atoms with Crippen LogP contribution in [-0.4, -0.2) is 32.5 Å². The van der Waals surface area contributed by atoms with Crippen molar-refractivity contribution in [2.24, 2.45) is 0 Å². The third-order valence-electron chi connectivity index (χ3n) is 4.25. The zero-order chi connectivity index (χ0) is 15.7. The van der Waals surface area contributed by atoms with Crippen molar-refractivity contribution in [2.45, 2.75) is 32.1 Å². The minimum atomic E-state index is -2.84. The number of anilines is 1. The first kappa shape index (κ1) is 15.4. The lowest BCUT2D eigenvalue weighted by Gasteiger charge is -2.47. The fraction of sp³-hybridized carbons (Fsp3) is 0.438. The third kappa shape index (κ3) is 2.99. The van der Waals surface area contributed by atoms with Crippen LogP contribution >= 0.6 is 10.8 Å². The summed E-state index contributed by atoms with van der Waals surface area (Å²) in [5.74, 6) is -0.641.